The highest BCUT2D eigenvalue weighted by Crippen LogP contribution is 2.49. The molecule has 0 fully saturated rings. The molecule has 0 unspecified atom stereocenters. The summed E-state index contributed by atoms with van der Waals surface area (Å²) in [5, 5.41) is 2.40. The van der Waals surface area contributed by atoms with Crippen LogP contribution in [0.15, 0.2) is 303 Å². The molecule has 0 amide bonds. The van der Waals surface area contributed by atoms with Crippen LogP contribution >= 0.6 is 0 Å². The largest absolute Gasteiger partial charge is 0.311 e. The van der Waals surface area contributed by atoms with Gasteiger partial charge >= 0.3 is 0 Å². The van der Waals surface area contributed by atoms with Crippen LogP contribution in [0, 0.1) is 13.8 Å². The Morgan fingerprint density at radius 3 is 1.34 bits per heavy atom. The van der Waals surface area contributed by atoms with E-state index < -0.39 is 0 Å². The van der Waals surface area contributed by atoms with Gasteiger partial charge in [0.05, 0.1) is 45.2 Å². The Morgan fingerprint density at radius 1 is 0.289 bits per heavy atom. The fourth-order valence-corrected chi connectivity index (χ4v) is 13.8. The molecule has 0 saturated carbocycles. The highest BCUT2D eigenvalue weighted by atomic mass is 15.2. The van der Waals surface area contributed by atoms with Crippen molar-refractivity contribution in [3.05, 3.63) is 314 Å². The SMILES string of the molecule is Cc1ccc2c(c1)c1cc(C)ccc1n2-c1ccc(-c2cc(-c3ccccc3)nc(-c3ccccc3)n2)cc1-c1cc(-c2ccccc2)nc(-c2cccc(-c3ccc4c5c3N(c3ccccc3)c3ccccc3B5c3ccccc3N4c3ccccc3)c2)n1. The third-order valence-corrected chi connectivity index (χ3v) is 17.9. The van der Waals surface area contributed by atoms with Gasteiger partial charge in [0, 0.05) is 78.2 Å². The van der Waals surface area contributed by atoms with Gasteiger partial charge in [0.2, 0.25) is 0 Å². The lowest BCUT2D eigenvalue weighted by Gasteiger charge is -2.45. The number of aryl methyl sites for hydroxylation is 2. The highest BCUT2D eigenvalue weighted by Gasteiger charge is 2.44. The zero-order valence-corrected chi connectivity index (χ0v) is 49.6. The van der Waals surface area contributed by atoms with E-state index >= 15 is 0 Å². The Labute approximate surface area is 523 Å². The summed E-state index contributed by atoms with van der Waals surface area (Å²) < 4.78 is 2.42. The molecule has 2 aliphatic rings. The number of hydrogen-bond acceptors (Lipinski definition) is 6. The second-order valence-corrected chi connectivity index (χ2v) is 23.5. The first kappa shape index (κ1) is 52.6. The Hall–Kier alpha value is -11.7. The minimum atomic E-state index is -0.0383. The van der Waals surface area contributed by atoms with Crippen molar-refractivity contribution < 1.29 is 0 Å². The fourth-order valence-electron chi connectivity index (χ4n) is 13.8. The molecule has 0 bridgehead atoms. The summed E-state index contributed by atoms with van der Waals surface area (Å²) in [6, 6.07) is 109. The first-order chi connectivity index (χ1) is 44.5. The summed E-state index contributed by atoms with van der Waals surface area (Å²) in [5.41, 5.74) is 27.3. The number of aromatic nitrogens is 5. The molecule has 7 nitrogen and oxygen atoms in total. The van der Waals surface area contributed by atoms with Gasteiger partial charge < -0.3 is 14.4 Å². The van der Waals surface area contributed by atoms with Gasteiger partial charge in [-0.25, -0.2) is 19.9 Å². The quantitative estimate of drug-likeness (QED) is 0.127. The molecule has 17 rings (SSSR count). The molecule has 3 aromatic heterocycles. The van der Waals surface area contributed by atoms with Gasteiger partial charge in [0.25, 0.3) is 6.71 Å². The van der Waals surface area contributed by atoms with Crippen LogP contribution in [0.1, 0.15) is 11.1 Å². The summed E-state index contributed by atoms with van der Waals surface area (Å²) in [6.07, 6.45) is 0. The first-order valence-corrected chi connectivity index (χ1v) is 30.7. The van der Waals surface area contributed by atoms with Crippen LogP contribution in [0.3, 0.4) is 0 Å². The monoisotopic (exact) mass is 1150 g/mol. The van der Waals surface area contributed by atoms with E-state index in [1.807, 2.05) is 24.3 Å². The number of benzene rings is 12. The molecular formula is C82H56BN7. The fraction of sp³-hybridized carbons (Fsp3) is 0.0244. The Bertz CT molecular complexity index is 5160. The predicted molar refractivity (Wildman–Crippen MR) is 374 cm³/mol. The van der Waals surface area contributed by atoms with Gasteiger partial charge in [-0.2, -0.15) is 0 Å². The standard InChI is InChI=1S/C82H56BN7/c1-53-39-43-73-64(47-53)65-48-54(2)40-44-74(65)90(73)75-45-41-59(71-51-69(55-23-8-3-9-24-55)84-81(86-71)57-27-12-5-13-28-57)50-66(75)72-52-70(56-25-10-4-11-26-56)85-82(87-72)60-30-22-29-58(49-60)63-42-46-78-79-80(63)89(62-33-16-7-17-34-62)77-38-21-19-36-68(77)83(79)67-35-18-20-37-76(67)88(78)61-31-14-6-15-32-61/h3-52H,1-2H3. The van der Waals surface area contributed by atoms with E-state index in [2.05, 4.69) is 307 Å². The second-order valence-electron chi connectivity index (χ2n) is 23.5. The predicted octanol–water partition coefficient (Wildman–Crippen LogP) is 18.7. The zero-order valence-electron chi connectivity index (χ0n) is 49.6. The number of anilines is 6. The van der Waals surface area contributed by atoms with Crippen LogP contribution in [-0.4, -0.2) is 31.2 Å². The van der Waals surface area contributed by atoms with E-state index in [0.717, 1.165) is 112 Å². The Balaban J connectivity index is 0.904. The van der Waals surface area contributed by atoms with Crippen molar-refractivity contribution in [2.75, 3.05) is 9.80 Å². The lowest BCUT2D eigenvalue weighted by Crippen LogP contribution is -2.61. The first-order valence-electron chi connectivity index (χ1n) is 30.7. The third-order valence-electron chi connectivity index (χ3n) is 17.9. The highest BCUT2D eigenvalue weighted by molar-refractivity contribution is 7.00. The van der Waals surface area contributed by atoms with Gasteiger partial charge in [-0.3, -0.25) is 0 Å². The van der Waals surface area contributed by atoms with Crippen LogP contribution in [0.5, 0.6) is 0 Å². The normalized spacial score (nSPS) is 12.3. The maximum atomic E-state index is 5.78. The van der Waals surface area contributed by atoms with Crippen molar-refractivity contribution in [3.63, 3.8) is 0 Å². The van der Waals surface area contributed by atoms with E-state index in [9.17, 15) is 0 Å². The van der Waals surface area contributed by atoms with Crippen molar-refractivity contribution in [3.8, 4) is 84.6 Å². The number of nitrogens with zero attached hydrogens (tertiary/aromatic N) is 7. The lowest BCUT2D eigenvalue weighted by atomic mass is 9.33. The van der Waals surface area contributed by atoms with Crippen molar-refractivity contribution in [2.45, 2.75) is 13.8 Å². The van der Waals surface area contributed by atoms with Crippen LogP contribution in [0.4, 0.5) is 34.1 Å². The van der Waals surface area contributed by atoms with E-state index in [-0.39, 0.29) is 6.71 Å². The molecule has 0 N–H and O–H groups in total. The van der Waals surface area contributed by atoms with E-state index in [1.54, 1.807) is 0 Å². The number of fused-ring (bicyclic) bond motifs is 7. The van der Waals surface area contributed by atoms with Crippen LogP contribution in [-0.2, 0) is 0 Å². The minimum absolute atomic E-state index is 0.0383. The minimum Gasteiger partial charge on any atom is -0.311 e. The van der Waals surface area contributed by atoms with E-state index in [4.69, 9.17) is 19.9 Å². The molecule has 0 radical (unpaired) electrons. The smallest absolute Gasteiger partial charge is 0.252 e. The summed E-state index contributed by atoms with van der Waals surface area (Å²) in [6.45, 7) is 4.31. The second kappa shape index (κ2) is 21.6. The molecule has 8 heteroatoms. The molecule has 5 heterocycles. The Kier molecular flexibility index (Phi) is 12.6. The van der Waals surface area contributed by atoms with Crippen molar-refractivity contribution >= 4 is 79.0 Å². The van der Waals surface area contributed by atoms with E-state index in [0.29, 0.717) is 11.6 Å². The average molecular weight is 1150 g/mol. The molecule has 12 aromatic carbocycles. The number of para-hydroxylation sites is 4. The molecule has 15 aromatic rings. The number of hydrogen-bond donors (Lipinski definition) is 0. The molecule has 0 spiro atoms. The van der Waals surface area contributed by atoms with Gasteiger partial charge in [0.15, 0.2) is 11.6 Å². The Morgan fingerprint density at radius 2 is 0.744 bits per heavy atom. The maximum Gasteiger partial charge on any atom is 0.252 e. The molecule has 0 saturated heterocycles. The van der Waals surface area contributed by atoms with Crippen LogP contribution in [0.25, 0.3) is 106 Å². The van der Waals surface area contributed by atoms with E-state index in [1.165, 1.54) is 44.0 Å². The molecular weight excluding hydrogens is 1090 g/mol. The number of rotatable bonds is 10. The molecule has 90 heavy (non-hydrogen) atoms. The summed E-state index contributed by atoms with van der Waals surface area (Å²) in [7, 11) is 0. The van der Waals surface area contributed by atoms with Gasteiger partial charge in [0.1, 0.15) is 0 Å². The van der Waals surface area contributed by atoms with Crippen LogP contribution < -0.4 is 26.2 Å². The van der Waals surface area contributed by atoms with Gasteiger partial charge in [-0.05, 0) is 133 Å². The topological polar surface area (TPSA) is 63.0 Å². The van der Waals surface area contributed by atoms with Gasteiger partial charge in [-0.15, -0.1) is 0 Å². The van der Waals surface area contributed by atoms with Gasteiger partial charge in [-0.1, -0.05) is 217 Å². The molecule has 0 aliphatic carbocycles. The zero-order chi connectivity index (χ0) is 59.8. The summed E-state index contributed by atoms with van der Waals surface area (Å²) >= 11 is 0. The summed E-state index contributed by atoms with van der Waals surface area (Å²) in [5.74, 6) is 1.26. The molecule has 0 atom stereocenters. The summed E-state index contributed by atoms with van der Waals surface area (Å²) in [4.78, 5) is 26.8. The van der Waals surface area contributed by atoms with Crippen molar-refractivity contribution in [1.29, 1.82) is 0 Å². The molecule has 2 aliphatic heterocycles. The maximum absolute atomic E-state index is 5.78. The van der Waals surface area contributed by atoms with Crippen molar-refractivity contribution in [2.24, 2.45) is 0 Å². The average Bonchev–Trinajstić information content (AvgIpc) is 0.809. The van der Waals surface area contributed by atoms with Crippen LogP contribution in [0.2, 0.25) is 0 Å². The third kappa shape index (κ3) is 8.90. The lowest BCUT2D eigenvalue weighted by molar-refractivity contribution is 1.15. The molecule has 422 valence electrons. The van der Waals surface area contributed by atoms with Crippen molar-refractivity contribution in [1.82, 2.24) is 24.5 Å².